The SMILES string of the molecule is CC1(C)CCC2(C)CCC3(C(=O)O)C(=CCC4C5(C)CCC(=O)C(C)(C)C5CCC43C)C2C1. The van der Waals surface area contributed by atoms with Gasteiger partial charge < -0.3 is 5.11 Å². The molecule has 5 rings (SSSR count). The Morgan fingerprint density at radius 3 is 2.24 bits per heavy atom. The van der Waals surface area contributed by atoms with Crippen molar-refractivity contribution in [1.82, 2.24) is 0 Å². The number of fused-ring (bicyclic) bond motifs is 7. The minimum Gasteiger partial charge on any atom is -0.481 e. The summed E-state index contributed by atoms with van der Waals surface area (Å²) < 4.78 is 0. The Kier molecular flexibility index (Phi) is 4.83. The van der Waals surface area contributed by atoms with Crippen molar-refractivity contribution in [3.8, 4) is 0 Å². The number of Topliss-reactive ketones (excluding diaryl/α,β-unsaturated/α-hetero) is 1. The van der Waals surface area contributed by atoms with Gasteiger partial charge in [0.1, 0.15) is 5.78 Å². The molecule has 7 atom stereocenters. The first-order chi connectivity index (χ1) is 15.1. The summed E-state index contributed by atoms with van der Waals surface area (Å²) >= 11 is 0. The molecule has 0 aliphatic heterocycles. The zero-order valence-electron chi connectivity index (χ0n) is 22.1. The lowest BCUT2D eigenvalue weighted by Gasteiger charge is -2.70. The molecule has 3 heteroatoms. The third-order valence-electron chi connectivity index (χ3n) is 12.6. The number of carbonyl (C=O) groups is 2. The van der Waals surface area contributed by atoms with Crippen LogP contribution in [0.25, 0.3) is 0 Å². The van der Waals surface area contributed by atoms with Gasteiger partial charge in [-0.3, -0.25) is 9.59 Å². The van der Waals surface area contributed by atoms with Gasteiger partial charge in [-0.15, -0.1) is 0 Å². The van der Waals surface area contributed by atoms with Crippen LogP contribution in [0.2, 0.25) is 0 Å². The first-order valence-corrected chi connectivity index (χ1v) is 13.6. The first-order valence-electron chi connectivity index (χ1n) is 13.6. The molecule has 3 nitrogen and oxygen atoms in total. The molecule has 5 aliphatic rings. The molecular weight excluding hydrogens is 408 g/mol. The Bertz CT molecular complexity index is 927. The Morgan fingerprint density at radius 2 is 1.58 bits per heavy atom. The second-order valence-electron chi connectivity index (χ2n) is 14.9. The van der Waals surface area contributed by atoms with Crippen molar-refractivity contribution < 1.29 is 14.7 Å². The van der Waals surface area contributed by atoms with Crippen LogP contribution in [0.15, 0.2) is 11.6 Å². The minimum absolute atomic E-state index is 0.0292. The molecule has 0 bridgehead atoms. The Balaban J connectivity index is 1.65. The van der Waals surface area contributed by atoms with Crippen molar-refractivity contribution in [1.29, 1.82) is 0 Å². The highest BCUT2D eigenvalue weighted by molar-refractivity contribution is 5.86. The van der Waals surface area contributed by atoms with Gasteiger partial charge >= 0.3 is 5.97 Å². The maximum atomic E-state index is 13.5. The van der Waals surface area contributed by atoms with Crippen LogP contribution in [0, 0.1) is 50.2 Å². The van der Waals surface area contributed by atoms with E-state index in [9.17, 15) is 14.7 Å². The number of ketones is 1. The maximum Gasteiger partial charge on any atom is 0.314 e. The van der Waals surface area contributed by atoms with Crippen LogP contribution in [-0.4, -0.2) is 16.9 Å². The molecule has 4 saturated carbocycles. The summed E-state index contributed by atoms with van der Waals surface area (Å²) in [7, 11) is 0. The fourth-order valence-electron chi connectivity index (χ4n) is 10.4. The van der Waals surface area contributed by atoms with E-state index in [1.807, 2.05) is 0 Å². The van der Waals surface area contributed by atoms with Crippen LogP contribution in [0.3, 0.4) is 0 Å². The number of hydrogen-bond donors (Lipinski definition) is 1. The van der Waals surface area contributed by atoms with Crippen molar-refractivity contribution in [2.45, 2.75) is 113 Å². The molecular formula is C30H46O3. The molecule has 184 valence electrons. The second kappa shape index (κ2) is 6.76. The summed E-state index contributed by atoms with van der Waals surface area (Å²) in [4.78, 5) is 26.4. The van der Waals surface area contributed by atoms with Gasteiger partial charge in [0.25, 0.3) is 0 Å². The highest BCUT2D eigenvalue weighted by Crippen LogP contribution is 2.75. The molecule has 0 aromatic rings. The van der Waals surface area contributed by atoms with Gasteiger partial charge in [0.05, 0.1) is 5.41 Å². The van der Waals surface area contributed by atoms with E-state index < -0.39 is 11.4 Å². The van der Waals surface area contributed by atoms with E-state index in [-0.39, 0.29) is 27.1 Å². The zero-order valence-corrected chi connectivity index (χ0v) is 22.1. The molecule has 4 fully saturated rings. The van der Waals surface area contributed by atoms with Crippen molar-refractivity contribution >= 4 is 11.8 Å². The van der Waals surface area contributed by atoms with Gasteiger partial charge in [-0.1, -0.05) is 60.1 Å². The van der Waals surface area contributed by atoms with Gasteiger partial charge in [-0.2, -0.15) is 0 Å². The average Bonchev–Trinajstić information content (AvgIpc) is 2.71. The lowest BCUT2D eigenvalue weighted by atomic mass is 9.33. The number of carboxylic acids is 1. The smallest absolute Gasteiger partial charge is 0.314 e. The van der Waals surface area contributed by atoms with Crippen molar-refractivity contribution in [3.63, 3.8) is 0 Å². The van der Waals surface area contributed by atoms with Crippen LogP contribution in [0.1, 0.15) is 113 Å². The van der Waals surface area contributed by atoms with Gasteiger partial charge in [0.2, 0.25) is 0 Å². The van der Waals surface area contributed by atoms with Crippen molar-refractivity contribution in [2.24, 2.45) is 50.2 Å². The highest BCUT2D eigenvalue weighted by atomic mass is 16.4. The van der Waals surface area contributed by atoms with Gasteiger partial charge in [-0.05, 0) is 97.2 Å². The predicted octanol–water partition coefficient (Wildman–Crippen LogP) is 7.44. The lowest BCUT2D eigenvalue weighted by Crippen LogP contribution is -2.66. The van der Waals surface area contributed by atoms with E-state index in [0.717, 1.165) is 44.9 Å². The number of carbonyl (C=O) groups excluding carboxylic acids is 1. The number of rotatable bonds is 1. The summed E-state index contributed by atoms with van der Waals surface area (Å²) in [5.41, 5.74) is 0.560. The summed E-state index contributed by atoms with van der Waals surface area (Å²) in [6, 6.07) is 0. The summed E-state index contributed by atoms with van der Waals surface area (Å²) in [5.74, 6) is 0.911. The molecule has 0 aromatic carbocycles. The molecule has 0 heterocycles. The molecule has 0 aromatic heterocycles. The van der Waals surface area contributed by atoms with Crippen LogP contribution in [0.5, 0.6) is 0 Å². The van der Waals surface area contributed by atoms with E-state index in [1.165, 1.54) is 18.4 Å². The van der Waals surface area contributed by atoms with E-state index in [4.69, 9.17) is 0 Å². The van der Waals surface area contributed by atoms with E-state index in [2.05, 4.69) is 54.5 Å². The molecule has 1 N–H and O–H groups in total. The number of allylic oxidation sites excluding steroid dienone is 1. The zero-order chi connectivity index (χ0) is 24.2. The maximum absolute atomic E-state index is 13.5. The van der Waals surface area contributed by atoms with E-state index in [0.29, 0.717) is 30.0 Å². The third-order valence-corrected chi connectivity index (χ3v) is 12.6. The Labute approximate surface area is 201 Å². The largest absolute Gasteiger partial charge is 0.481 e. The van der Waals surface area contributed by atoms with Crippen LogP contribution < -0.4 is 0 Å². The molecule has 33 heavy (non-hydrogen) atoms. The monoisotopic (exact) mass is 454 g/mol. The fourth-order valence-corrected chi connectivity index (χ4v) is 10.4. The molecule has 0 amide bonds. The van der Waals surface area contributed by atoms with Gasteiger partial charge in [-0.25, -0.2) is 0 Å². The summed E-state index contributed by atoms with van der Waals surface area (Å²) in [5, 5.41) is 11.1. The van der Waals surface area contributed by atoms with Crippen LogP contribution >= 0.6 is 0 Å². The first kappa shape index (κ1) is 23.6. The summed E-state index contributed by atoms with van der Waals surface area (Å²) in [6.45, 7) is 16.3. The van der Waals surface area contributed by atoms with Crippen molar-refractivity contribution in [2.75, 3.05) is 0 Å². The molecule has 0 radical (unpaired) electrons. The Morgan fingerprint density at radius 1 is 0.909 bits per heavy atom. The quantitative estimate of drug-likeness (QED) is 0.419. The van der Waals surface area contributed by atoms with Gasteiger partial charge in [0.15, 0.2) is 0 Å². The molecule has 0 saturated heterocycles. The number of carboxylic acid groups (broad SMARTS) is 1. The fraction of sp³-hybridized carbons (Fsp3) is 0.867. The highest BCUT2D eigenvalue weighted by Gasteiger charge is 2.71. The Hall–Kier alpha value is -1.12. The van der Waals surface area contributed by atoms with E-state index >= 15 is 0 Å². The van der Waals surface area contributed by atoms with E-state index in [1.54, 1.807) is 0 Å². The van der Waals surface area contributed by atoms with Crippen molar-refractivity contribution in [3.05, 3.63) is 11.6 Å². The predicted molar refractivity (Wildman–Crippen MR) is 132 cm³/mol. The molecule has 7 unspecified atom stereocenters. The van der Waals surface area contributed by atoms with Crippen LogP contribution in [-0.2, 0) is 9.59 Å². The number of hydrogen-bond acceptors (Lipinski definition) is 2. The lowest BCUT2D eigenvalue weighted by molar-refractivity contribution is -0.200. The normalized spacial score (nSPS) is 50.2. The second-order valence-corrected chi connectivity index (χ2v) is 14.9. The van der Waals surface area contributed by atoms with Gasteiger partial charge in [0, 0.05) is 11.8 Å². The summed E-state index contributed by atoms with van der Waals surface area (Å²) in [6.07, 6.45) is 12.3. The molecule has 5 aliphatic carbocycles. The topological polar surface area (TPSA) is 54.4 Å². The molecule has 0 spiro atoms. The minimum atomic E-state index is -0.743. The number of aliphatic carboxylic acids is 1. The standard InChI is InChI=1S/C30H46O3/c1-25(2)14-15-27(5)16-17-30(24(32)33)19(20(27)18-25)8-9-22-28(6)12-11-23(31)26(3,4)21(28)10-13-29(22,30)7/h8,20-22H,9-18H2,1-7H3,(H,32,33). The third kappa shape index (κ3) is 2.80. The average molecular weight is 455 g/mol. The van der Waals surface area contributed by atoms with Crippen LogP contribution in [0.4, 0.5) is 0 Å².